The van der Waals surface area contributed by atoms with E-state index in [1.54, 1.807) is 0 Å². The topological polar surface area (TPSA) is 94.9 Å². The summed E-state index contributed by atoms with van der Waals surface area (Å²) in [5.74, 6) is -0.235. The average molecular weight is 295 g/mol. The lowest BCUT2D eigenvalue weighted by molar-refractivity contribution is -0.811. The lowest BCUT2D eigenvalue weighted by atomic mass is 9.76. The molecular weight excluding hydrogens is 276 g/mol. The number of hydroxylamine groups is 1. The summed E-state index contributed by atoms with van der Waals surface area (Å²) in [6, 6.07) is 0. The fraction of sp³-hybridized carbons (Fsp3) is 0.769. The molecule has 2 N–H and O–H groups in total. The third kappa shape index (κ3) is 1.63. The van der Waals surface area contributed by atoms with E-state index in [2.05, 4.69) is 15.2 Å². The first-order chi connectivity index (χ1) is 10.1. The molecule has 8 heteroatoms. The van der Waals surface area contributed by atoms with Crippen LogP contribution in [0.5, 0.6) is 0 Å². The molecule has 0 bridgehead atoms. The number of hydrogen-bond donors (Lipinski definition) is 2. The molecule has 1 fully saturated rings. The molecule has 1 aromatic rings. The van der Waals surface area contributed by atoms with Crippen molar-refractivity contribution >= 4 is 5.71 Å². The Morgan fingerprint density at radius 3 is 2.81 bits per heavy atom. The number of aryl methyl sites for hydroxylation is 1. The maximum Gasteiger partial charge on any atom is 0.264 e. The summed E-state index contributed by atoms with van der Waals surface area (Å²) in [5.41, 5.74) is 0.426. The van der Waals surface area contributed by atoms with E-state index < -0.39 is 5.60 Å². The van der Waals surface area contributed by atoms with Gasteiger partial charge in [0.25, 0.3) is 6.17 Å². The van der Waals surface area contributed by atoms with Gasteiger partial charge in [0, 0.05) is 25.9 Å². The summed E-state index contributed by atoms with van der Waals surface area (Å²) >= 11 is 0. The standard InChI is InChI=1S/C13H19N4O4/c1-8-12(16-4-6-20-7-5-16)17(19)10-3-2-9-11(13(8,10)18)15-21-14-9/h8,12,18-19H,2-7H2,1H3/q+1. The second-order valence-corrected chi connectivity index (χ2v) is 5.97. The molecule has 0 saturated carbocycles. The zero-order chi connectivity index (χ0) is 14.6. The number of hydrogen-bond acceptors (Lipinski definition) is 7. The molecule has 2 aliphatic heterocycles. The lowest BCUT2D eigenvalue weighted by Gasteiger charge is -2.32. The van der Waals surface area contributed by atoms with E-state index in [9.17, 15) is 10.3 Å². The van der Waals surface area contributed by atoms with E-state index in [4.69, 9.17) is 9.37 Å². The Kier molecular flexibility index (Phi) is 2.82. The number of aliphatic hydroxyl groups is 1. The van der Waals surface area contributed by atoms with Crippen LogP contribution in [-0.4, -0.2) is 68.4 Å². The maximum absolute atomic E-state index is 11.2. The molecule has 0 aromatic carbocycles. The molecular formula is C13H19N4O4+. The van der Waals surface area contributed by atoms with Gasteiger partial charge in [0.15, 0.2) is 5.69 Å². The molecule has 8 nitrogen and oxygen atoms in total. The van der Waals surface area contributed by atoms with Crippen molar-refractivity contribution in [2.45, 2.75) is 31.5 Å². The third-order valence-electron chi connectivity index (χ3n) is 5.01. The summed E-state index contributed by atoms with van der Waals surface area (Å²) in [6.45, 7) is 4.68. The van der Waals surface area contributed by atoms with Crippen LogP contribution < -0.4 is 0 Å². The molecule has 21 heavy (non-hydrogen) atoms. The van der Waals surface area contributed by atoms with Crippen molar-refractivity contribution in [2.75, 3.05) is 26.3 Å². The minimum absolute atomic E-state index is 0.235. The van der Waals surface area contributed by atoms with Gasteiger partial charge in [-0.1, -0.05) is 17.2 Å². The SMILES string of the molecule is CC1C(N2CCOCC2)[N+](O)=C2CCc3nonc3C21O. The second-order valence-electron chi connectivity index (χ2n) is 5.97. The summed E-state index contributed by atoms with van der Waals surface area (Å²) < 4.78 is 11.4. The van der Waals surface area contributed by atoms with Crippen LogP contribution in [-0.2, 0) is 16.8 Å². The smallest absolute Gasteiger partial charge is 0.264 e. The molecule has 0 radical (unpaired) electrons. The van der Waals surface area contributed by atoms with Gasteiger partial charge in [-0.15, -0.1) is 0 Å². The summed E-state index contributed by atoms with van der Waals surface area (Å²) in [6.07, 6.45) is 0.895. The van der Waals surface area contributed by atoms with Gasteiger partial charge in [-0.05, 0) is 4.74 Å². The van der Waals surface area contributed by atoms with Gasteiger partial charge in [-0.2, -0.15) is 0 Å². The predicted molar refractivity (Wildman–Crippen MR) is 68.9 cm³/mol. The van der Waals surface area contributed by atoms with Crippen molar-refractivity contribution < 1.29 is 24.4 Å². The predicted octanol–water partition coefficient (Wildman–Crippen LogP) is -0.646. The maximum atomic E-state index is 11.2. The molecule has 4 rings (SSSR count). The normalized spacial score (nSPS) is 36.7. The highest BCUT2D eigenvalue weighted by Gasteiger charge is 2.65. The van der Waals surface area contributed by atoms with E-state index in [1.165, 1.54) is 4.74 Å². The third-order valence-corrected chi connectivity index (χ3v) is 5.01. The Balaban J connectivity index is 1.77. The van der Waals surface area contributed by atoms with E-state index in [-0.39, 0.29) is 12.1 Å². The monoisotopic (exact) mass is 295 g/mol. The van der Waals surface area contributed by atoms with Crippen molar-refractivity contribution in [3.63, 3.8) is 0 Å². The highest BCUT2D eigenvalue weighted by Crippen LogP contribution is 2.44. The van der Waals surface area contributed by atoms with Crippen molar-refractivity contribution in [2.24, 2.45) is 5.92 Å². The first-order valence-corrected chi connectivity index (χ1v) is 7.34. The summed E-state index contributed by atoms with van der Waals surface area (Å²) in [7, 11) is 0. The van der Waals surface area contributed by atoms with Crippen LogP contribution in [0.15, 0.2) is 4.63 Å². The minimum atomic E-state index is -1.30. The van der Waals surface area contributed by atoms with Crippen LogP contribution in [0.2, 0.25) is 0 Å². The number of ether oxygens (including phenoxy) is 1. The molecule has 1 saturated heterocycles. The molecule has 0 amide bonds. The Morgan fingerprint density at radius 2 is 2.05 bits per heavy atom. The second kappa shape index (κ2) is 4.49. The first kappa shape index (κ1) is 13.2. The van der Waals surface area contributed by atoms with Gasteiger partial charge >= 0.3 is 0 Å². The number of aromatic nitrogens is 2. The van der Waals surface area contributed by atoms with Gasteiger partial charge < -0.3 is 9.84 Å². The van der Waals surface area contributed by atoms with Crippen LogP contribution in [0.3, 0.4) is 0 Å². The number of morpholine rings is 1. The average Bonchev–Trinajstić information content (AvgIpc) is 3.04. The number of fused-ring (bicyclic) bond motifs is 3. The Morgan fingerprint density at radius 1 is 1.29 bits per heavy atom. The van der Waals surface area contributed by atoms with Crippen LogP contribution in [0, 0.1) is 5.92 Å². The summed E-state index contributed by atoms with van der Waals surface area (Å²) in [5, 5.41) is 29.6. The zero-order valence-corrected chi connectivity index (χ0v) is 11.9. The number of rotatable bonds is 1. The molecule has 1 aliphatic carbocycles. The zero-order valence-electron chi connectivity index (χ0n) is 11.9. The molecule has 3 unspecified atom stereocenters. The van der Waals surface area contributed by atoms with Crippen molar-refractivity contribution in [3.05, 3.63) is 11.4 Å². The highest BCUT2D eigenvalue weighted by atomic mass is 16.6. The number of nitrogens with zero attached hydrogens (tertiary/aromatic N) is 4. The molecule has 3 atom stereocenters. The van der Waals surface area contributed by atoms with Crippen molar-refractivity contribution in [3.8, 4) is 0 Å². The lowest BCUT2D eigenvalue weighted by Crippen LogP contribution is -2.51. The highest BCUT2D eigenvalue weighted by molar-refractivity contribution is 5.92. The van der Waals surface area contributed by atoms with E-state index in [1.807, 2.05) is 6.92 Å². The quantitative estimate of drug-likeness (QED) is 0.525. The molecule has 0 spiro atoms. The van der Waals surface area contributed by atoms with Crippen molar-refractivity contribution in [1.82, 2.24) is 15.2 Å². The van der Waals surface area contributed by atoms with Gasteiger partial charge in [0.2, 0.25) is 11.3 Å². The van der Waals surface area contributed by atoms with Crippen LogP contribution >= 0.6 is 0 Å². The molecule has 3 aliphatic rings. The van der Waals surface area contributed by atoms with E-state index >= 15 is 0 Å². The van der Waals surface area contributed by atoms with Gasteiger partial charge in [-0.3, -0.25) is 5.21 Å². The Hall–Kier alpha value is -1.51. The van der Waals surface area contributed by atoms with Crippen molar-refractivity contribution in [1.29, 1.82) is 0 Å². The van der Waals surface area contributed by atoms with Crippen LogP contribution in [0.1, 0.15) is 24.7 Å². The van der Waals surface area contributed by atoms with Crippen LogP contribution in [0.25, 0.3) is 0 Å². The molecule has 1 aromatic heterocycles. The fourth-order valence-corrected chi connectivity index (χ4v) is 3.89. The minimum Gasteiger partial charge on any atom is -0.379 e. The Bertz CT molecular complexity index is 595. The molecule has 114 valence electrons. The van der Waals surface area contributed by atoms with E-state index in [0.717, 1.165) is 13.1 Å². The molecule has 3 heterocycles. The van der Waals surface area contributed by atoms with E-state index in [0.29, 0.717) is 43.2 Å². The van der Waals surface area contributed by atoms with Gasteiger partial charge in [0.1, 0.15) is 5.69 Å². The fourth-order valence-electron chi connectivity index (χ4n) is 3.89. The summed E-state index contributed by atoms with van der Waals surface area (Å²) in [4.78, 5) is 2.14. The van der Waals surface area contributed by atoms with Gasteiger partial charge in [0.05, 0.1) is 19.1 Å². The van der Waals surface area contributed by atoms with Crippen LogP contribution in [0.4, 0.5) is 0 Å². The van der Waals surface area contributed by atoms with Gasteiger partial charge in [-0.25, -0.2) is 9.53 Å². The largest absolute Gasteiger partial charge is 0.379 e. The first-order valence-electron chi connectivity index (χ1n) is 7.34. The Labute approximate surface area is 121 Å².